The lowest BCUT2D eigenvalue weighted by Gasteiger charge is -2.11. The van der Waals surface area contributed by atoms with Crippen molar-refractivity contribution in [1.82, 2.24) is 29.1 Å². The molecule has 0 radical (unpaired) electrons. The van der Waals surface area contributed by atoms with Crippen molar-refractivity contribution in [3.63, 3.8) is 0 Å². The highest BCUT2D eigenvalue weighted by atomic mass is 16.5. The van der Waals surface area contributed by atoms with Crippen LogP contribution in [0.15, 0.2) is 30.4 Å². The number of benzene rings is 1. The average Bonchev–Trinajstić information content (AvgIpc) is 3.68. The van der Waals surface area contributed by atoms with E-state index in [9.17, 15) is 14.4 Å². The summed E-state index contributed by atoms with van der Waals surface area (Å²) >= 11 is 0. The van der Waals surface area contributed by atoms with E-state index in [2.05, 4.69) is 20.5 Å². The minimum Gasteiger partial charge on any atom is -0.494 e. The van der Waals surface area contributed by atoms with Gasteiger partial charge in [-0.3, -0.25) is 24.3 Å². The highest BCUT2D eigenvalue weighted by Crippen LogP contribution is 2.31. The van der Waals surface area contributed by atoms with Crippen LogP contribution in [0.2, 0.25) is 0 Å². The Hall–Kier alpha value is -4.98. The van der Waals surface area contributed by atoms with Crippen molar-refractivity contribution in [3.05, 3.63) is 64.3 Å². The van der Waals surface area contributed by atoms with Crippen molar-refractivity contribution < 1.29 is 23.9 Å². The van der Waals surface area contributed by atoms with E-state index >= 15 is 0 Å². The number of carbonyl (C=O) groups excluding carboxylic acids is 3. The number of hydrogen-bond donors (Lipinski definition) is 3. The number of carbonyl (C=O) groups is 3. The zero-order valence-electron chi connectivity index (χ0n) is 27.1. The maximum Gasteiger partial charge on any atom is 0.356 e. The van der Waals surface area contributed by atoms with E-state index in [1.807, 2.05) is 26.8 Å². The van der Waals surface area contributed by atoms with Crippen LogP contribution in [-0.4, -0.2) is 67.2 Å². The van der Waals surface area contributed by atoms with Crippen molar-refractivity contribution in [1.29, 1.82) is 0 Å². The number of esters is 1. The summed E-state index contributed by atoms with van der Waals surface area (Å²) in [6.45, 7) is 9.60. The number of aryl methyl sites for hydroxylation is 4. The standard InChI is InChI=1S/C32H43N9O5/c1-6-40-27(31(44)46-7-2)23(21(4)38-40)13-9-8-11-16-41-25(17-20(3)37-41)30(43)36-32-35-24-18-22(29(34)42)19-26(45-5)28(24)39(32)15-12-10-14-33/h10,12,17-19H,6-9,11,13-16,33H2,1-5H3,(H2,34,42)(H,35,36,43)/b12-10+. The minimum absolute atomic E-state index is 0.240. The van der Waals surface area contributed by atoms with Gasteiger partial charge in [-0.2, -0.15) is 10.2 Å². The number of primary amides is 1. The van der Waals surface area contributed by atoms with E-state index in [0.717, 1.165) is 30.5 Å². The first kappa shape index (κ1) is 33.9. The molecular weight excluding hydrogens is 590 g/mol. The second-order valence-corrected chi connectivity index (χ2v) is 10.8. The quantitative estimate of drug-likeness (QED) is 0.0942. The number of nitrogens with one attached hydrogen (secondary N) is 1. The van der Waals surface area contributed by atoms with Crippen LogP contribution >= 0.6 is 0 Å². The third kappa shape index (κ3) is 7.45. The fourth-order valence-corrected chi connectivity index (χ4v) is 5.46. The number of unbranched alkanes of at least 4 members (excludes halogenated alkanes) is 2. The first-order valence-corrected chi connectivity index (χ1v) is 15.5. The van der Waals surface area contributed by atoms with Crippen LogP contribution in [0, 0.1) is 13.8 Å². The van der Waals surface area contributed by atoms with Crippen LogP contribution in [0.4, 0.5) is 5.95 Å². The molecule has 0 aliphatic heterocycles. The summed E-state index contributed by atoms with van der Waals surface area (Å²) in [6, 6.07) is 4.85. The Morgan fingerprint density at radius 1 is 1.02 bits per heavy atom. The number of nitrogens with two attached hydrogens (primary N) is 2. The van der Waals surface area contributed by atoms with Crippen LogP contribution in [-0.2, 0) is 30.8 Å². The minimum atomic E-state index is -0.617. The van der Waals surface area contributed by atoms with E-state index in [1.54, 1.807) is 45.1 Å². The number of hydrogen-bond acceptors (Lipinski definition) is 9. The Bertz CT molecular complexity index is 1750. The molecule has 0 atom stereocenters. The van der Waals surface area contributed by atoms with Gasteiger partial charge in [-0.25, -0.2) is 9.78 Å². The Kier molecular flexibility index (Phi) is 11.3. The smallest absolute Gasteiger partial charge is 0.356 e. The summed E-state index contributed by atoms with van der Waals surface area (Å²) in [5.41, 5.74) is 15.8. The van der Waals surface area contributed by atoms with E-state index in [-0.39, 0.29) is 23.4 Å². The van der Waals surface area contributed by atoms with E-state index in [0.29, 0.717) is 73.1 Å². The van der Waals surface area contributed by atoms with E-state index < -0.39 is 5.91 Å². The molecule has 46 heavy (non-hydrogen) atoms. The van der Waals surface area contributed by atoms with Crippen molar-refractivity contribution >= 4 is 34.8 Å². The molecular formula is C32H43N9O5. The topological polar surface area (TPSA) is 187 Å². The number of anilines is 1. The third-order valence-electron chi connectivity index (χ3n) is 7.58. The van der Waals surface area contributed by atoms with Crippen LogP contribution in [0.5, 0.6) is 5.75 Å². The summed E-state index contributed by atoms with van der Waals surface area (Å²) in [4.78, 5) is 42.8. The molecule has 3 aromatic heterocycles. The Morgan fingerprint density at radius 2 is 1.80 bits per heavy atom. The Labute approximate surface area is 267 Å². The lowest BCUT2D eigenvalue weighted by molar-refractivity contribution is 0.0510. The first-order valence-electron chi connectivity index (χ1n) is 15.5. The molecule has 0 saturated carbocycles. The number of rotatable bonds is 16. The maximum absolute atomic E-state index is 13.6. The van der Waals surface area contributed by atoms with E-state index in [1.165, 1.54) is 7.11 Å². The lowest BCUT2D eigenvalue weighted by Crippen LogP contribution is -2.20. The van der Waals surface area contributed by atoms with Crippen LogP contribution < -0.4 is 21.5 Å². The van der Waals surface area contributed by atoms with Crippen molar-refractivity contribution in [3.8, 4) is 5.75 Å². The maximum atomic E-state index is 13.6. The second-order valence-electron chi connectivity index (χ2n) is 10.8. The summed E-state index contributed by atoms with van der Waals surface area (Å²) in [6.07, 6.45) is 6.81. The van der Waals surface area contributed by atoms with Gasteiger partial charge in [0.2, 0.25) is 11.9 Å². The SMILES string of the molecule is CCOC(=O)c1c(CCCCCn2nc(C)cc2C(=O)Nc2nc3cc(C(N)=O)cc(OC)c3n2C/C=C/CN)c(C)nn1CC. The number of imidazole rings is 1. The molecule has 0 aliphatic carbocycles. The normalized spacial score (nSPS) is 11.4. The summed E-state index contributed by atoms with van der Waals surface area (Å²) in [5.74, 6) is -0.678. The molecule has 246 valence electrons. The van der Waals surface area contributed by atoms with Gasteiger partial charge < -0.3 is 25.5 Å². The van der Waals surface area contributed by atoms with Crippen LogP contribution in [0.1, 0.15) is 81.4 Å². The molecule has 0 spiro atoms. The molecule has 14 heteroatoms. The van der Waals surface area contributed by atoms with E-state index in [4.69, 9.17) is 20.9 Å². The zero-order chi connectivity index (χ0) is 33.4. The number of aromatic nitrogens is 6. The number of amides is 2. The van der Waals surface area contributed by atoms with Gasteiger partial charge in [0, 0.05) is 37.3 Å². The number of allylic oxidation sites excluding steroid dienone is 1. The second kappa shape index (κ2) is 15.3. The monoisotopic (exact) mass is 633 g/mol. The van der Waals surface area contributed by atoms with Crippen molar-refractivity contribution in [2.45, 2.75) is 73.0 Å². The van der Waals surface area contributed by atoms with Gasteiger partial charge in [-0.1, -0.05) is 18.6 Å². The van der Waals surface area contributed by atoms with Crippen molar-refractivity contribution in [2.24, 2.45) is 11.5 Å². The molecule has 0 bridgehead atoms. The third-order valence-corrected chi connectivity index (χ3v) is 7.58. The molecule has 0 unspecified atom stereocenters. The molecule has 0 aliphatic rings. The van der Waals surface area contributed by atoms with Crippen molar-refractivity contribution in [2.75, 3.05) is 25.6 Å². The molecule has 0 saturated heterocycles. The zero-order valence-corrected chi connectivity index (χ0v) is 27.1. The lowest BCUT2D eigenvalue weighted by atomic mass is 10.0. The van der Waals surface area contributed by atoms with Gasteiger partial charge in [-0.15, -0.1) is 0 Å². The number of nitrogens with zero attached hydrogens (tertiary/aromatic N) is 6. The highest BCUT2D eigenvalue weighted by molar-refractivity contribution is 6.04. The van der Waals surface area contributed by atoms with Gasteiger partial charge in [0.15, 0.2) is 0 Å². The number of fused-ring (bicyclic) bond motifs is 1. The highest BCUT2D eigenvalue weighted by Gasteiger charge is 2.23. The number of ether oxygens (including phenoxy) is 2. The molecule has 14 nitrogen and oxygen atoms in total. The fourth-order valence-electron chi connectivity index (χ4n) is 5.46. The molecule has 1 aromatic carbocycles. The molecule has 4 aromatic rings. The molecule has 3 heterocycles. The first-order chi connectivity index (χ1) is 22.1. The predicted molar refractivity (Wildman–Crippen MR) is 174 cm³/mol. The van der Waals surface area contributed by atoms with Gasteiger partial charge in [-0.05, 0) is 65.2 Å². The largest absolute Gasteiger partial charge is 0.494 e. The predicted octanol–water partition coefficient (Wildman–Crippen LogP) is 3.53. The number of methoxy groups -OCH3 is 1. The molecule has 4 rings (SSSR count). The molecule has 2 amide bonds. The van der Waals surface area contributed by atoms with Crippen LogP contribution in [0.3, 0.4) is 0 Å². The Balaban J connectivity index is 1.49. The van der Waals surface area contributed by atoms with Crippen LogP contribution in [0.25, 0.3) is 11.0 Å². The van der Waals surface area contributed by atoms with Gasteiger partial charge in [0.25, 0.3) is 5.91 Å². The molecule has 0 fully saturated rings. The molecule has 5 N–H and O–H groups in total. The van der Waals surface area contributed by atoms with Gasteiger partial charge in [0.1, 0.15) is 22.7 Å². The Morgan fingerprint density at radius 3 is 2.48 bits per heavy atom. The fraction of sp³-hybridized carbons (Fsp3) is 0.438. The summed E-state index contributed by atoms with van der Waals surface area (Å²) < 4.78 is 16.0. The summed E-state index contributed by atoms with van der Waals surface area (Å²) in [5, 5.41) is 12.0. The van der Waals surface area contributed by atoms with Gasteiger partial charge in [0.05, 0.1) is 30.6 Å². The van der Waals surface area contributed by atoms with Gasteiger partial charge >= 0.3 is 5.97 Å². The summed E-state index contributed by atoms with van der Waals surface area (Å²) in [7, 11) is 1.49. The average molecular weight is 634 g/mol.